The summed E-state index contributed by atoms with van der Waals surface area (Å²) in [6, 6.07) is 11.9. The summed E-state index contributed by atoms with van der Waals surface area (Å²) < 4.78 is 23.3. The van der Waals surface area contributed by atoms with Crippen molar-refractivity contribution in [2.24, 2.45) is 0 Å². The Balaban J connectivity index is 1.87. The highest BCUT2D eigenvalue weighted by molar-refractivity contribution is 5.96. The van der Waals surface area contributed by atoms with Crippen LogP contribution >= 0.6 is 0 Å². The van der Waals surface area contributed by atoms with E-state index in [2.05, 4.69) is 5.32 Å². The van der Waals surface area contributed by atoms with Gasteiger partial charge in [-0.2, -0.15) is 0 Å². The number of halogens is 1. The van der Waals surface area contributed by atoms with Gasteiger partial charge in [-0.15, -0.1) is 0 Å². The first-order valence-electron chi connectivity index (χ1n) is 7.66. The van der Waals surface area contributed by atoms with E-state index in [9.17, 15) is 14.0 Å². The molecule has 0 saturated heterocycles. The molecule has 0 spiro atoms. The molecule has 128 valence electrons. The molecule has 1 atom stereocenters. The van der Waals surface area contributed by atoms with Crippen LogP contribution in [-0.2, 0) is 0 Å². The standard InChI is InChI=1S/C19H16FNO4/c1-11(12-3-6-14(20)7-4-12)21-18(22)16-9-13-5-8-15(24-2)10-17(13)25-19(16)23/h3-11H,1-2H3,(H,21,22)/t11-/m0/s1. The van der Waals surface area contributed by atoms with Crippen LogP contribution in [0.4, 0.5) is 4.39 Å². The summed E-state index contributed by atoms with van der Waals surface area (Å²) in [6.45, 7) is 1.75. The average molecular weight is 341 g/mol. The van der Waals surface area contributed by atoms with E-state index >= 15 is 0 Å². The van der Waals surface area contributed by atoms with E-state index < -0.39 is 11.5 Å². The van der Waals surface area contributed by atoms with Gasteiger partial charge in [0.1, 0.15) is 22.7 Å². The van der Waals surface area contributed by atoms with Crippen LogP contribution in [0, 0.1) is 5.82 Å². The summed E-state index contributed by atoms with van der Waals surface area (Å²) in [5, 5.41) is 3.33. The minimum Gasteiger partial charge on any atom is -0.497 e. The Labute approximate surface area is 143 Å². The van der Waals surface area contributed by atoms with Gasteiger partial charge in [0, 0.05) is 11.5 Å². The monoisotopic (exact) mass is 341 g/mol. The van der Waals surface area contributed by atoms with Crippen molar-refractivity contribution in [1.82, 2.24) is 5.32 Å². The van der Waals surface area contributed by atoms with E-state index in [0.29, 0.717) is 16.7 Å². The highest BCUT2D eigenvalue weighted by Gasteiger charge is 2.17. The number of methoxy groups -OCH3 is 1. The number of amides is 1. The maximum Gasteiger partial charge on any atom is 0.349 e. The number of hydrogen-bond acceptors (Lipinski definition) is 4. The van der Waals surface area contributed by atoms with Crippen molar-refractivity contribution in [1.29, 1.82) is 0 Å². The highest BCUT2D eigenvalue weighted by atomic mass is 19.1. The molecule has 5 nitrogen and oxygen atoms in total. The number of nitrogens with one attached hydrogen (secondary N) is 1. The summed E-state index contributed by atoms with van der Waals surface area (Å²) in [5.41, 5.74) is 0.244. The van der Waals surface area contributed by atoms with E-state index in [1.54, 1.807) is 37.3 Å². The second-order valence-corrected chi connectivity index (χ2v) is 5.60. The van der Waals surface area contributed by atoms with E-state index in [-0.39, 0.29) is 17.4 Å². The Morgan fingerprint density at radius 2 is 1.88 bits per heavy atom. The maximum absolute atomic E-state index is 13.0. The lowest BCUT2D eigenvalue weighted by molar-refractivity contribution is 0.0936. The Kier molecular flexibility index (Phi) is 4.52. The average Bonchev–Trinajstić information content (AvgIpc) is 2.60. The van der Waals surface area contributed by atoms with Crippen LogP contribution in [0.3, 0.4) is 0 Å². The Bertz CT molecular complexity index is 979. The lowest BCUT2D eigenvalue weighted by Gasteiger charge is -2.14. The number of rotatable bonds is 4. The van der Waals surface area contributed by atoms with Crippen LogP contribution in [0.15, 0.2) is 57.7 Å². The van der Waals surface area contributed by atoms with Gasteiger partial charge in [0.25, 0.3) is 5.91 Å². The molecule has 0 unspecified atom stereocenters. The largest absolute Gasteiger partial charge is 0.497 e. The fraction of sp³-hybridized carbons (Fsp3) is 0.158. The molecule has 0 radical (unpaired) electrons. The topological polar surface area (TPSA) is 68.5 Å². The van der Waals surface area contributed by atoms with E-state index in [4.69, 9.17) is 9.15 Å². The minimum atomic E-state index is -0.732. The van der Waals surface area contributed by atoms with Crippen molar-refractivity contribution in [3.05, 3.63) is 75.9 Å². The van der Waals surface area contributed by atoms with Crippen LogP contribution in [0.5, 0.6) is 5.75 Å². The van der Waals surface area contributed by atoms with Gasteiger partial charge in [-0.1, -0.05) is 12.1 Å². The molecule has 1 N–H and O–H groups in total. The van der Waals surface area contributed by atoms with Gasteiger partial charge in [0.05, 0.1) is 13.2 Å². The van der Waals surface area contributed by atoms with E-state index in [0.717, 1.165) is 5.56 Å². The number of carbonyl (C=O) groups excluding carboxylic acids is 1. The number of fused-ring (bicyclic) bond motifs is 1. The van der Waals surface area contributed by atoms with Gasteiger partial charge in [-0.25, -0.2) is 9.18 Å². The molecule has 6 heteroatoms. The molecule has 0 aliphatic rings. The van der Waals surface area contributed by atoms with Crippen LogP contribution in [0.2, 0.25) is 0 Å². The number of benzene rings is 2. The lowest BCUT2D eigenvalue weighted by atomic mass is 10.1. The summed E-state index contributed by atoms with van der Waals surface area (Å²) in [5.74, 6) is -0.353. The molecule has 0 fully saturated rings. The molecule has 0 bridgehead atoms. The fourth-order valence-electron chi connectivity index (χ4n) is 2.49. The molecular formula is C19H16FNO4. The van der Waals surface area contributed by atoms with Gasteiger partial charge < -0.3 is 14.5 Å². The first kappa shape index (κ1) is 16.7. The third kappa shape index (κ3) is 3.52. The van der Waals surface area contributed by atoms with Gasteiger partial charge >= 0.3 is 5.63 Å². The minimum absolute atomic E-state index is 0.0911. The van der Waals surface area contributed by atoms with Gasteiger partial charge in [-0.3, -0.25) is 4.79 Å². The number of ether oxygens (including phenoxy) is 1. The SMILES string of the molecule is COc1ccc2cc(C(=O)N[C@@H](C)c3ccc(F)cc3)c(=O)oc2c1. The van der Waals surface area contributed by atoms with Crippen LogP contribution in [0.1, 0.15) is 28.9 Å². The molecule has 25 heavy (non-hydrogen) atoms. The molecule has 1 aromatic heterocycles. The molecule has 1 amide bonds. The molecule has 3 aromatic rings. The fourth-order valence-corrected chi connectivity index (χ4v) is 2.49. The van der Waals surface area contributed by atoms with Crippen LogP contribution in [0.25, 0.3) is 11.0 Å². The predicted octanol–water partition coefficient (Wildman–Crippen LogP) is 3.43. The quantitative estimate of drug-likeness (QED) is 0.738. The normalized spacial score (nSPS) is 12.0. The second kappa shape index (κ2) is 6.76. The van der Waals surface area contributed by atoms with Gasteiger partial charge in [0.2, 0.25) is 0 Å². The Morgan fingerprint density at radius 3 is 2.56 bits per heavy atom. The number of carbonyl (C=O) groups is 1. The summed E-state index contributed by atoms with van der Waals surface area (Å²) in [4.78, 5) is 24.5. The zero-order valence-corrected chi connectivity index (χ0v) is 13.7. The van der Waals surface area contributed by atoms with Crippen molar-refractivity contribution >= 4 is 16.9 Å². The van der Waals surface area contributed by atoms with E-state index in [1.807, 2.05) is 0 Å². The Hall–Kier alpha value is -3.15. The second-order valence-electron chi connectivity index (χ2n) is 5.60. The third-order valence-electron chi connectivity index (χ3n) is 3.91. The molecule has 2 aromatic carbocycles. The summed E-state index contributed by atoms with van der Waals surface area (Å²) in [7, 11) is 1.51. The highest BCUT2D eigenvalue weighted by Crippen LogP contribution is 2.20. The zero-order chi connectivity index (χ0) is 18.0. The van der Waals surface area contributed by atoms with Crippen molar-refractivity contribution < 1.29 is 18.3 Å². The maximum atomic E-state index is 13.0. The molecule has 1 heterocycles. The molecular weight excluding hydrogens is 325 g/mol. The van der Waals surface area contributed by atoms with Crippen LogP contribution in [-0.4, -0.2) is 13.0 Å². The molecule has 0 aliphatic heterocycles. The van der Waals surface area contributed by atoms with Crippen molar-refractivity contribution in [2.75, 3.05) is 7.11 Å². The summed E-state index contributed by atoms with van der Waals surface area (Å²) in [6.07, 6.45) is 0. The van der Waals surface area contributed by atoms with Gasteiger partial charge in [0.15, 0.2) is 0 Å². The van der Waals surface area contributed by atoms with Gasteiger partial charge in [-0.05, 0) is 42.8 Å². The Morgan fingerprint density at radius 1 is 1.16 bits per heavy atom. The smallest absolute Gasteiger partial charge is 0.349 e. The van der Waals surface area contributed by atoms with Crippen molar-refractivity contribution in [3.8, 4) is 5.75 Å². The zero-order valence-electron chi connectivity index (χ0n) is 13.7. The van der Waals surface area contributed by atoms with E-state index in [1.165, 1.54) is 25.3 Å². The third-order valence-corrected chi connectivity index (χ3v) is 3.91. The first-order chi connectivity index (χ1) is 12.0. The summed E-state index contributed by atoms with van der Waals surface area (Å²) >= 11 is 0. The molecule has 0 saturated carbocycles. The first-order valence-corrected chi connectivity index (χ1v) is 7.66. The lowest BCUT2D eigenvalue weighted by Crippen LogP contribution is -2.30. The van der Waals surface area contributed by atoms with Crippen LogP contribution < -0.4 is 15.7 Å². The molecule has 0 aliphatic carbocycles. The molecule has 3 rings (SSSR count). The van der Waals surface area contributed by atoms with Crippen molar-refractivity contribution in [3.63, 3.8) is 0 Å². The number of hydrogen-bond donors (Lipinski definition) is 1. The van der Waals surface area contributed by atoms with Crippen molar-refractivity contribution in [2.45, 2.75) is 13.0 Å². The predicted molar refractivity (Wildman–Crippen MR) is 91.3 cm³/mol.